The van der Waals surface area contributed by atoms with Crippen LogP contribution in [-0.2, 0) is 4.79 Å². The molecule has 0 aromatic rings. The number of piperidine rings is 1. The van der Waals surface area contributed by atoms with Gasteiger partial charge >= 0.3 is 0 Å². The molecule has 1 aliphatic heterocycles. The minimum Gasteiger partial charge on any atom is -0.347 e. The van der Waals surface area contributed by atoms with Crippen molar-refractivity contribution in [2.75, 3.05) is 13.1 Å². The first-order chi connectivity index (χ1) is 6.43. The summed E-state index contributed by atoms with van der Waals surface area (Å²) in [7, 11) is 0. The van der Waals surface area contributed by atoms with Crippen molar-refractivity contribution in [1.29, 1.82) is 0 Å². The lowest BCUT2D eigenvalue weighted by atomic mass is 10.0. The Hall–Kier alpha value is -0.710. The number of hydrogen-bond acceptors (Lipinski definition) is 2. The van der Waals surface area contributed by atoms with Crippen molar-refractivity contribution < 1.29 is 13.6 Å². The first-order valence-electron chi connectivity index (χ1n) is 4.82. The molecule has 1 atom stereocenters. The van der Waals surface area contributed by atoms with Gasteiger partial charge in [-0.2, -0.15) is 0 Å². The van der Waals surface area contributed by atoms with E-state index in [1.54, 1.807) is 13.8 Å². The SMILES string of the molecule is CC(C)C(=O)NC1CCNCC1(F)F. The van der Waals surface area contributed by atoms with E-state index in [1.807, 2.05) is 0 Å². The van der Waals surface area contributed by atoms with Crippen LogP contribution in [0.4, 0.5) is 8.78 Å². The lowest BCUT2D eigenvalue weighted by Gasteiger charge is -2.32. The standard InChI is InChI=1S/C9H16F2N2O/c1-6(2)8(14)13-7-3-4-12-5-9(7,10)11/h6-7,12H,3-5H2,1-2H3,(H,13,14). The molecule has 0 aliphatic carbocycles. The van der Waals surface area contributed by atoms with Crippen molar-refractivity contribution in [3.05, 3.63) is 0 Å². The third-order valence-electron chi connectivity index (χ3n) is 2.32. The summed E-state index contributed by atoms with van der Waals surface area (Å²) in [6, 6.07) is -1.02. The zero-order chi connectivity index (χ0) is 10.8. The van der Waals surface area contributed by atoms with Gasteiger partial charge in [0.05, 0.1) is 12.6 Å². The minimum absolute atomic E-state index is 0.249. The number of rotatable bonds is 2. The van der Waals surface area contributed by atoms with Crippen LogP contribution in [0.2, 0.25) is 0 Å². The second kappa shape index (κ2) is 4.21. The van der Waals surface area contributed by atoms with E-state index in [0.29, 0.717) is 6.54 Å². The van der Waals surface area contributed by atoms with Gasteiger partial charge < -0.3 is 10.6 Å². The van der Waals surface area contributed by atoms with Crippen LogP contribution in [0.5, 0.6) is 0 Å². The predicted molar refractivity (Wildman–Crippen MR) is 49.2 cm³/mol. The molecule has 1 fully saturated rings. The van der Waals surface area contributed by atoms with Crippen molar-refractivity contribution in [3.8, 4) is 0 Å². The number of amides is 1. The van der Waals surface area contributed by atoms with Crippen LogP contribution in [-0.4, -0.2) is 31.0 Å². The summed E-state index contributed by atoms with van der Waals surface area (Å²) < 4.78 is 26.4. The molecule has 0 spiro atoms. The highest BCUT2D eigenvalue weighted by atomic mass is 19.3. The molecule has 5 heteroatoms. The van der Waals surface area contributed by atoms with Crippen LogP contribution >= 0.6 is 0 Å². The second-order valence-electron chi connectivity index (χ2n) is 3.94. The summed E-state index contributed by atoms with van der Waals surface area (Å²) in [6.45, 7) is 3.55. The molecular formula is C9H16F2N2O. The fourth-order valence-corrected chi connectivity index (χ4v) is 1.35. The lowest BCUT2D eigenvalue weighted by Crippen LogP contribution is -2.57. The first-order valence-corrected chi connectivity index (χ1v) is 4.82. The molecule has 14 heavy (non-hydrogen) atoms. The van der Waals surface area contributed by atoms with Crippen LogP contribution in [0.1, 0.15) is 20.3 Å². The Balaban J connectivity index is 2.54. The highest BCUT2D eigenvalue weighted by Gasteiger charge is 2.42. The first kappa shape index (κ1) is 11.4. The highest BCUT2D eigenvalue weighted by molar-refractivity contribution is 5.78. The molecule has 1 rings (SSSR count). The number of halogens is 2. The fourth-order valence-electron chi connectivity index (χ4n) is 1.35. The summed E-state index contributed by atoms with van der Waals surface area (Å²) in [5.74, 6) is -3.39. The molecular weight excluding hydrogens is 190 g/mol. The second-order valence-corrected chi connectivity index (χ2v) is 3.94. The normalized spacial score (nSPS) is 26.2. The van der Waals surface area contributed by atoms with Gasteiger partial charge in [-0.3, -0.25) is 4.79 Å². The van der Waals surface area contributed by atoms with Crippen molar-refractivity contribution in [3.63, 3.8) is 0 Å². The predicted octanol–water partition coefficient (Wildman–Crippen LogP) is 0.756. The maximum atomic E-state index is 13.2. The van der Waals surface area contributed by atoms with Crippen molar-refractivity contribution in [2.24, 2.45) is 5.92 Å². The van der Waals surface area contributed by atoms with Gasteiger partial charge in [0.25, 0.3) is 5.92 Å². The summed E-state index contributed by atoms with van der Waals surface area (Å²) in [5, 5.41) is 4.99. The van der Waals surface area contributed by atoms with Gasteiger partial charge in [0.15, 0.2) is 0 Å². The largest absolute Gasteiger partial charge is 0.347 e. The van der Waals surface area contributed by atoms with E-state index in [0.717, 1.165) is 0 Å². The third-order valence-corrected chi connectivity index (χ3v) is 2.32. The molecule has 1 aliphatic rings. The zero-order valence-corrected chi connectivity index (χ0v) is 8.44. The Labute approximate surface area is 82.2 Å². The Kier molecular flexibility index (Phi) is 3.42. The molecule has 1 unspecified atom stereocenters. The molecule has 0 saturated carbocycles. The minimum atomic E-state index is -2.83. The summed E-state index contributed by atoms with van der Waals surface area (Å²) in [6.07, 6.45) is 0.283. The molecule has 1 saturated heterocycles. The Morgan fingerprint density at radius 2 is 2.21 bits per heavy atom. The number of alkyl halides is 2. The topological polar surface area (TPSA) is 41.1 Å². The Bertz CT molecular complexity index is 219. The molecule has 1 amide bonds. The van der Waals surface area contributed by atoms with Crippen LogP contribution in [0.15, 0.2) is 0 Å². The van der Waals surface area contributed by atoms with Gasteiger partial charge in [-0.05, 0) is 13.0 Å². The highest BCUT2D eigenvalue weighted by Crippen LogP contribution is 2.23. The van der Waals surface area contributed by atoms with Gasteiger partial charge in [0.2, 0.25) is 5.91 Å². The van der Waals surface area contributed by atoms with E-state index in [1.165, 1.54) is 0 Å². The Morgan fingerprint density at radius 1 is 1.57 bits per heavy atom. The number of carbonyl (C=O) groups excluding carboxylic acids is 1. The zero-order valence-electron chi connectivity index (χ0n) is 8.44. The van der Waals surface area contributed by atoms with Crippen LogP contribution in [0.3, 0.4) is 0 Å². The monoisotopic (exact) mass is 206 g/mol. The van der Waals surface area contributed by atoms with Crippen LogP contribution in [0, 0.1) is 5.92 Å². The molecule has 1 heterocycles. The maximum Gasteiger partial charge on any atom is 0.280 e. The number of hydrogen-bond donors (Lipinski definition) is 2. The molecule has 0 aromatic carbocycles. The van der Waals surface area contributed by atoms with Gasteiger partial charge in [0, 0.05) is 5.92 Å². The van der Waals surface area contributed by atoms with Crippen LogP contribution in [0.25, 0.3) is 0 Å². The smallest absolute Gasteiger partial charge is 0.280 e. The van der Waals surface area contributed by atoms with E-state index >= 15 is 0 Å². The average Bonchev–Trinajstić information content (AvgIpc) is 2.08. The van der Waals surface area contributed by atoms with E-state index in [9.17, 15) is 13.6 Å². The number of nitrogens with one attached hydrogen (secondary N) is 2. The lowest BCUT2D eigenvalue weighted by molar-refractivity contribution is -0.129. The average molecular weight is 206 g/mol. The van der Waals surface area contributed by atoms with Crippen molar-refractivity contribution >= 4 is 5.91 Å². The van der Waals surface area contributed by atoms with E-state index < -0.39 is 12.0 Å². The van der Waals surface area contributed by atoms with E-state index in [2.05, 4.69) is 10.6 Å². The number of carbonyl (C=O) groups is 1. The molecule has 0 aromatic heterocycles. The van der Waals surface area contributed by atoms with E-state index in [4.69, 9.17) is 0 Å². The van der Waals surface area contributed by atoms with Crippen molar-refractivity contribution in [1.82, 2.24) is 10.6 Å². The van der Waals surface area contributed by atoms with Gasteiger partial charge in [-0.1, -0.05) is 13.8 Å². The summed E-state index contributed by atoms with van der Waals surface area (Å²) in [4.78, 5) is 11.2. The quantitative estimate of drug-likeness (QED) is 0.700. The molecule has 3 nitrogen and oxygen atoms in total. The third kappa shape index (κ3) is 2.64. The molecule has 0 radical (unpaired) electrons. The van der Waals surface area contributed by atoms with Crippen LogP contribution < -0.4 is 10.6 Å². The van der Waals surface area contributed by atoms with E-state index in [-0.39, 0.29) is 24.8 Å². The van der Waals surface area contributed by atoms with Gasteiger partial charge in [-0.25, -0.2) is 8.78 Å². The molecule has 82 valence electrons. The van der Waals surface area contributed by atoms with Gasteiger partial charge in [-0.15, -0.1) is 0 Å². The molecule has 2 N–H and O–H groups in total. The van der Waals surface area contributed by atoms with Crippen molar-refractivity contribution in [2.45, 2.75) is 32.2 Å². The van der Waals surface area contributed by atoms with Gasteiger partial charge in [0.1, 0.15) is 0 Å². The summed E-state index contributed by atoms with van der Waals surface area (Å²) >= 11 is 0. The Morgan fingerprint density at radius 3 is 2.71 bits per heavy atom. The fraction of sp³-hybridized carbons (Fsp3) is 0.889. The molecule has 0 bridgehead atoms. The maximum absolute atomic E-state index is 13.2. The summed E-state index contributed by atoms with van der Waals surface area (Å²) in [5.41, 5.74) is 0.